The highest BCUT2D eigenvalue weighted by atomic mass is 19.1. The van der Waals surface area contributed by atoms with E-state index in [1.165, 1.54) is 12.1 Å². The molecule has 0 saturated carbocycles. The van der Waals surface area contributed by atoms with Crippen LogP contribution in [-0.2, 0) is 6.54 Å². The van der Waals surface area contributed by atoms with Gasteiger partial charge in [-0.3, -0.25) is 0 Å². The number of benzene rings is 2. The number of aliphatic imine (C=N–C) groups is 1. The van der Waals surface area contributed by atoms with Crippen LogP contribution in [0.4, 0.5) is 10.1 Å². The lowest BCUT2D eigenvalue weighted by atomic mass is 10.2. The molecule has 1 heterocycles. The van der Waals surface area contributed by atoms with E-state index in [0.29, 0.717) is 42.2 Å². The van der Waals surface area contributed by atoms with Gasteiger partial charge in [-0.15, -0.1) is 0 Å². The van der Waals surface area contributed by atoms with Crippen LogP contribution in [0.5, 0.6) is 23.1 Å². The van der Waals surface area contributed by atoms with Gasteiger partial charge in [0.05, 0.1) is 20.8 Å². The predicted octanol–water partition coefficient (Wildman–Crippen LogP) is 4.61. The zero-order valence-corrected chi connectivity index (χ0v) is 17.7. The number of nitrogens with zero attached hydrogens (tertiary/aromatic N) is 2. The van der Waals surface area contributed by atoms with Crippen LogP contribution in [0.1, 0.15) is 12.5 Å². The zero-order chi connectivity index (χ0) is 22.1. The number of halogens is 1. The fourth-order valence-corrected chi connectivity index (χ4v) is 2.80. The second kappa shape index (κ2) is 10.8. The molecule has 0 fully saturated rings. The second-order valence-electron chi connectivity index (χ2n) is 6.42. The number of ether oxygens (including phenoxy) is 3. The maximum Gasteiger partial charge on any atom is 0.224 e. The van der Waals surface area contributed by atoms with Crippen molar-refractivity contribution in [1.29, 1.82) is 0 Å². The van der Waals surface area contributed by atoms with Crippen molar-refractivity contribution >= 4 is 11.6 Å². The maximum atomic E-state index is 13.5. The van der Waals surface area contributed by atoms with Crippen LogP contribution in [0.15, 0.2) is 65.8 Å². The van der Waals surface area contributed by atoms with Crippen LogP contribution < -0.4 is 24.8 Å². The first kappa shape index (κ1) is 21.9. The van der Waals surface area contributed by atoms with Crippen LogP contribution in [0, 0.1) is 5.82 Å². The summed E-state index contributed by atoms with van der Waals surface area (Å²) >= 11 is 0. The average molecular weight is 424 g/mol. The van der Waals surface area contributed by atoms with E-state index in [-0.39, 0.29) is 5.82 Å². The Bertz CT molecular complexity index is 1040. The third kappa shape index (κ3) is 6.08. The van der Waals surface area contributed by atoms with Crippen molar-refractivity contribution in [1.82, 2.24) is 10.3 Å². The molecule has 2 aromatic carbocycles. The number of hydrogen-bond acceptors (Lipinski definition) is 5. The van der Waals surface area contributed by atoms with E-state index in [2.05, 4.69) is 20.6 Å². The number of pyridine rings is 1. The number of guanidine groups is 1. The predicted molar refractivity (Wildman–Crippen MR) is 119 cm³/mol. The summed E-state index contributed by atoms with van der Waals surface area (Å²) < 4.78 is 29.9. The molecule has 0 unspecified atom stereocenters. The smallest absolute Gasteiger partial charge is 0.224 e. The molecule has 0 atom stereocenters. The molecule has 0 aliphatic heterocycles. The first-order valence-electron chi connectivity index (χ1n) is 9.77. The molecule has 0 aliphatic carbocycles. The Balaban J connectivity index is 1.78. The highest BCUT2D eigenvalue weighted by molar-refractivity contribution is 5.93. The normalized spacial score (nSPS) is 11.0. The molecule has 3 aromatic rings. The van der Waals surface area contributed by atoms with Gasteiger partial charge in [-0.05, 0) is 37.3 Å². The molecule has 31 heavy (non-hydrogen) atoms. The Labute approximate surface area is 180 Å². The zero-order valence-electron chi connectivity index (χ0n) is 17.7. The monoisotopic (exact) mass is 424 g/mol. The van der Waals surface area contributed by atoms with Crippen LogP contribution in [0.3, 0.4) is 0 Å². The van der Waals surface area contributed by atoms with E-state index in [1.54, 1.807) is 38.6 Å². The molecule has 0 saturated heterocycles. The van der Waals surface area contributed by atoms with Crippen molar-refractivity contribution in [2.24, 2.45) is 4.99 Å². The van der Waals surface area contributed by atoms with Crippen LogP contribution in [-0.4, -0.2) is 31.7 Å². The van der Waals surface area contributed by atoms with Crippen LogP contribution in [0.25, 0.3) is 0 Å². The Morgan fingerprint density at radius 3 is 2.61 bits per heavy atom. The minimum Gasteiger partial charge on any atom is -0.493 e. The molecule has 0 amide bonds. The number of hydrogen-bond donors (Lipinski definition) is 2. The summed E-state index contributed by atoms with van der Waals surface area (Å²) in [6.07, 6.45) is 1.62. The van der Waals surface area contributed by atoms with E-state index in [9.17, 15) is 4.39 Å². The van der Waals surface area contributed by atoms with E-state index < -0.39 is 0 Å². The van der Waals surface area contributed by atoms with Crippen molar-refractivity contribution in [3.05, 3.63) is 72.2 Å². The second-order valence-corrected chi connectivity index (χ2v) is 6.42. The van der Waals surface area contributed by atoms with Crippen LogP contribution in [0.2, 0.25) is 0 Å². The van der Waals surface area contributed by atoms with Crippen molar-refractivity contribution in [3.63, 3.8) is 0 Å². The van der Waals surface area contributed by atoms with Crippen LogP contribution >= 0.6 is 0 Å². The molecule has 0 radical (unpaired) electrons. The fourth-order valence-electron chi connectivity index (χ4n) is 2.80. The summed E-state index contributed by atoms with van der Waals surface area (Å²) in [5.74, 6) is 2.21. The first-order valence-corrected chi connectivity index (χ1v) is 9.77. The molecular weight excluding hydrogens is 399 g/mol. The van der Waals surface area contributed by atoms with Gasteiger partial charge in [0.15, 0.2) is 17.5 Å². The van der Waals surface area contributed by atoms with Gasteiger partial charge in [-0.25, -0.2) is 14.4 Å². The molecule has 3 rings (SSSR count). The highest BCUT2D eigenvalue weighted by Gasteiger charge is 2.09. The van der Waals surface area contributed by atoms with Gasteiger partial charge in [0, 0.05) is 36.1 Å². The Morgan fingerprint density at radius 2 is 1.87 bits per heavy atom. The number of aromatic nitrogens is 1. The Hall–Kier alpha value is -3.81. The molecule has 162 valence electrons. The minimum atomic E-state index is -0.374. The maximum absolute atomic E-state index is 13.5. The average Bonchev–Trinajstić information content (AvgIpc) is 2.78. The first-order chi connectivity index (χ1) is 15.1. The lowest BCUT2D eigenvalue weighted by Gasteiger charge is -2.14. The third-order valence-electron chi connectivity index (χ3n) is 4.26. The van der Waals surface area contributed by atoms with Gasteiger partial charge in [0.25, 0.3) is 0 Å². The van der Waals surface area contributed by atoms with E-state index in [4.69, 9.17) is 14.2 Å². The summed E-state index contributed by atoms with van der Waals surface area (Å²) in [4.78, 5) is 8.89. The molecule has 0 bridgehead atoms. The summed E-state index contributed by atoms with van der Waals surface area (Å²) in [6.45, 7) is 2.97. The van der Waals surface area contributed by atoms with Gasteiger partial charge in [-0.1, -0.05) is 12.1 Å². The van der Waals surface area contributed by atoms with E-state index in [0.717, 1.165) is 11.3 Å². The largest absolute Gasteiger partial charge is 0.493 e. The molecule has 7 nitrogen and oxygen atoms in total. The van der Waals surface area contributed by atoms with Crippen molar-refractivity contribution < 1.29 is 18.6 Å². The van der Waals surface area contributed by atoms with Gasteiger partial charge in [0.2, 0.25) is 5.88 Å². The summed E-state index contributed by atoms with van der Waals surface area (Å²) in [5.41, 5.74) is 1.55. The van der Waals surface area contributed by atoms with Gasteiger partial charge >= 0.3 is 0 Å². The molecule has 0 aliphatic rings. The van der Waals surface area contributed by atoms with Crippen molar-refractivity contribution in [3.8, 4) is 23.1 Å². The molecule has 1 aromatic heterocycles. The molecule has 0 spiro atoms. The van der Waals surface area contributed by atoms with E-state index in [1.807, 2.05) is 31.2 Å². The molecule has 8 heteroatoms. The molecule has 2 N–H and O–H groups in total. The highest BCUT2D eigenvalue weighted by Crippen LogP contribution is 2.30. The Kier molecular flexibility index (Phi) is 7.64. The summed E-state index contributed by atoms with van der Waals surface area (Å²) in [7, 11) is 3.18. The summed E-state index contributed by atoms with van der Waals surface area (Å²) in [5, 5.41) is 6.45. The molecular formula is C23H25FN4O3. The topological polar surface area (TPSA) is 77.0 Å². The number of anilines is 1. The minimum absolute atomic E-state index is 0.307. The van der Waals surface area contributed by atoms with Gasteiger partial charge in [-0.2, -0.15) is 0 Å². The number of nitrogens with one attached hydrogen (secondary N) is 2. The third-order valence-corrected chi connectivity index (χ3v) is 4.26. The lowest BCUT2D eigenvalue weighted by molar-refractivity contribution is 0.355. The number of methoxy groups -OCH3 is 2. The Morgan fingerprint density at radius 1 is 1.03 bits per heavy atom. The summed E-state index contributed by atoms with van der Waals surface area (Å²) in [6, 6.07) is 15.1. The number of rotatable bonds is 8. The van der Waals surface area contributed by atoms with Crippen molar-refractivity contribution in [2.45, 2.75) is 13.5 Å². The van der Waals surface area contributed by atoms with Crippen molar-refractivity contribution in [2.75, 3.05) is 26.1 Å². The SMILES string of the molecule is CCNC(=NCc1cccnc1Oc1cccc(F)c1)Nc1ccc(OC)c(OC)c1. The van der Waals surface area contributed by atoms with Gasteiger partial charge < -0.3 is 24.8 Å². The fraction of sp³-hybridized carbons (Fsp3) is 0.217. The van der Waals surface area contributed by atoms with Gasteiger partial charge in [0.1, 0.15) is 11.6 Å². The standard InChI is InChI=1S/C23H25FN4O3/c1-4-25-23(28-18-10-11-20(29-2)21(14-18)30-3)27-15-16-7-6-12-26-22(16)31-19-9-5-8-17(24)13-19/h5-14H,4,15H2,1-3H3,(H2,25,27,28). The van der Waals surface area contributed by atoms with E-state index >= 15 is 0 Å². The quantitative estimate of drug-likeness (QED) is 0.406. The lowest BCUT2D eigenvalue weighted by Crippen LogP contribution is -2.30.